The second-order valence-electron chi connectivity index (χ2n) is 1.54. The van der Waals surface area contributed by atoms with Crippen molar-refractivity contribution >= 4 is 16.0 Å². The van der Waals surface area contributed by atoms with Crippen LogP contribution in [-0.2, 0) is 14.3 Å². The minimum Gasteiger partial charge on any atom is -0.361 e. The molecule has 0 aliphatic carbocycles. The van der Waals surface area contributed by atoms with Gasteiger partial charge in [0.25, 0.3) is 0 Å². The lowest BCUT2D eigenvalue weighted by Gasteiger charge is -2.06. The van der Waals surface area contributed by atoms with Crippen LogP contribution in [0.5, 0.6) is 0 Å². The van der Waals surface area contributed by atoms with Crippen molar-refractivity contribution in [3.8, 4) is 0 Å². The lowest BCUT2D eigenvalue weighted by Crippen LogP contribution is -2.26. The predicted molar refractivity (Wildman–Crippen MR) is 29.5 cm³/mol. The first-order valence-corrected chi connectivity index (χ1v) is 3.63. The zero-order valence-electron chi connectivity index (χ0n) is 5.27. The monoisotopic (exact) mass is 191 g/mol. The van der Waals surface area contributed by atoms with E-state index in [9.17, 15) is 21.6 Å². The second kappa shape index (κ2) is 2.68. The highest BCUT2D eigenvalue weighted by molar-refractivity contribution is 7.88. The van der Waals surface area contributed by atoms with Gasteiger partial charge in [-0.2, -0.15) is 21.6 Å². The summed E-state index contributed by atoms with van der Waals surface area (Å²) in [5.41, 5.74) is -5.46. The van der Waals surface area contributed by atoms with Gasteiger partial charge in [-0.3, -0.25) is 5.41 Å². The number of alkyl halides is 3. The molecule has 0 saturated carbocycles. The number of hydrogen-bond donors (Lipinski definition) is 1. The SMILES string of the molecule is CC(=N)OS(=O)(=O)C(F)(F)F. The van der Waals surface area contributed by atoms with E-state index in [0.29, 0.717) is 0 Å². The maximum atomic E-state index is 11.4. The Balaban J connectivity index is 4.64. The fourth-order valence-corrected chi connectivity index (χ4v) is 0.635. The third-order valence-electron chi connectivity index (χ3n) is 0.518. The van der Waals surface area contributed by atoms with Crippen molar-refractivity contribution in [3.05, 3.63) is 0 Å². The lowest BCUT2D eigenvalue weighted by atomic mass is 10.8. The van der Waals surface area contributed by atoms with E-state index in [0.717, 1.165) is 6.92 Å². The van der Waals surface area contributed by atoms with Crippen molar-refractivity contribution in [1.82, 2.24) is 0 Å². The zero-order chi connectivity index (χ0) is 9.28. The first-order valence-electron chi connectivity index (χ1n) is 2.23. The van der Waals surface area contributed by atoms with Gasteiger partial charge in [-0.05, 0) is 0 Å². The molecule has 0 aliphatic rings. The lowest BCUT2D eigenvalue weighted by molar-refractivity contribution is -0.0505. The molecule has 0 saturated heterocycles. The maximum absolute atomic E-state index is 11.4. The molecule has 0 atom stereocenters. The normalized spacial score (nSPS) is 12.7. The standard InChI is InChI=1S/C3H4F3NO3S/c1-2(7)10-11(8,9)3(4,5)6/h7H,1H3. The van der Waals surface area contributed by atoms with E-state index in [1.165, 1.54) is 0 Å². The first-order chi connectivity index (χ1) is 4.67. The van der Waals surface area contributed by atoms with Crippen LogP contribution in [0, 0.1) is 5.41 Å². The molecule has 66 valence electrons. The Bertz CT molecular complexity index is 253. The molecule has 0 bridgehead atoms. The van der Waals surface area contributed by atoms with E-state index >= 15 is 0 Å². The van der Waals surface area contributed by atoms with E-state index in [2.05, 4.69) is 4.18 Å². The average Bonchev–Trinajstić information content (AvgIpc) is 1.56. The minimum absolute atomic E-state index is 0.781. The van der Waals surface area contributed by atoms with Gasteiger partial charge in [0.05, 0.1) is 0 Å². The molecule has 0 radical (unpaired) electrons. The second-order valence-corrected chi connectivity index (χ2v) is 3.08. The number of rotatable bonds is 1. The third-order valence-corrected chi connectivity index (χ3v) is 1.55. The van der Waals surface area contributed by atoms with Gasteiger partial charge in [0.1, 0.15) is 0 Å². The van der Waals surface area contributed by atoms with Crippen LogP contribution in [0.25, 0.3) is 0 Å². The van der Waals surface area contributed by atoms with Crippen LogP contribution in [0.15, 0.2) is 0 Å². The Morgan fingerprint density at radius 3 is 1.91 bits per heavy atom. The number of nitrogens with one attached hydrogen (secondary N) is 1. The van der Waals surface area contributed by atoms with Gasteiger partial charge in [0, 0.05) is 6.92 Å². The summed E-state index contributed by atoms with van der Waals surface area (Å²) < 4.78 is 57.3. The van der Waals surface area contributed by atoms with Crippen molar-refractivity contribution in [2.75, 3.05) is 0 Å². The average molecular weight is 191 g/mol. The van der Waals surface area contributed by atoms with E-state index in [1.807, 2.05) is 0 Å². The smallest absolute Gasteiger partial charge is 0.361 e. The third kappa shape index (κ3) is 2.74. The summed E-state index contributed by atoms with van der Waals surface area (Å²) in [6.45, 7) is 0.781. The molecule has 0 aromatic rings. The van der Waals surface area contributed by atoms with Crippen LogP contribution in [-0.4, -0.2) is 19.8 Å². The van der Waals surface area contributed by atoms with Crippen LogP contribution in [0.1, 0.15) is 6.92 Å². The Morgan fingerprint density at radius 1 is 1.45 bits per heavy atom. The molecule has 0 aromatic heterocycles. The molecule has 0 fully saturated rings. The Kier molecular flexibility index (Phi) is 2.49. The summed E-state index contributed by atoms with van der Waals surface area (Å²) in [6, 6.07) is 0. The maximum Gasteiger partial charge on any atom is 0.534 e. The summed E-state index contributed by atoms with van der Waals surface area (Å²) in [5.74, 6) is -1.03. The highest BCUT2D eigenvalue weighted by Gasteiger charge is 2.48. The first kappa shape index (κ1) is 10.2. The molecular formula is C3H4F3NO3S. The molecule has 4 nitrogen and oxygen atoms in total. The zero-order valence-corrected chi connectivity index (χ0v) is 6.08. The van der Waals surface area contributed by atoms with Gasteiger partial charge in [-0.1, -0.05) is 0 Å². The summed E-state index contributed by atoms with van der Waals surface area (Å²) in [6.07, 6.45) is 0. The summed E-state index contributed by atoms with van der Waals surface area (Å²) >= 11 is 0. The van der Waals surface area contributed by atoms with Gasteiger partial charge in [0.15, 0.2) is 5.90 Å². The van der Waals surface area contributed by atoms with Crippen LogP contribution in [0.2, 0.25) is 0 Å². The molecule has 11 heavy (non-hydrogen) atoms. The van der Waals surface area contributed by atoms with Crippen molar-refractivity contribution in [1.29, 1.82) is 5.41 Å². The molecule has 0 unspecified atom stereocenters. The van der Waals surface area contributed by atoms with Gasteiger partial charge in [-0.15, -0.1) is 0 Å². The summed E-state index contributed by atoms with van der Waals surface area (Å²) in [4.78, 5) is 0. The number of halogens is 3. The molecule has 0 amide bonds. The summed E-state index contributed by atoms with van der Waals surface area (Å²) in [5, 5.41) is 6.33. The van der Waals surface area contributed by atoms with Gasteiger partial charge in [-0.25, -0.2) is 0 Å². The fraction of sp³-hybridized carbons (Fsp3) is 0.667. The van der Waals surface area contributed by atoms with Crippen LogP contribution < -0.4 is 0 Å². The Hall–Kier alpha value is -0.790. The Labute approximate surface area is 60.6 Å². The topological polar surface area (TPSA) is 67.2 Å². The van der Waals surface area contributed by atoms with E-state index in [1.54, 1.807) is 0 Å². The van der Waals surface area contributed by atoms with E-state index in [4.69, 9.17) is 5.41 Å². The van der Waals surface area contributed by atoms with Gasteiger partial charge in [0.2, 0.25) is 0 Å². The fourth-order valence-electron chi connectivity index (χ4n) is 0.212. The molecule has 0 heterocycles. The van der Waals surface area contributed by atoms with Crippen LogP contribution in [0.4, 0.5) is 13.2 Å². The van der Waals surface area contributed by atoms with Crippen molar-refractivity contribution in [2.24, 2.45) is 0 Å². The van der Waals surface area contributed by atoms with Crippen LogP contribution in [0.3, 0.4) is 0 Å². The largest absolute Gasteiger partial charge is 0.534 e. The van der Waals surface area contributed by atoms with Crippen molar-refractivity contribution in [3.63, 3.8) is 0 Å². The molecule has 1 N–H and O–H groups in total. The van der Waals surface area contributed by atoms with Crippen molar-refractivity contribution < 1.29 is 25.8 Å². The Morgan fingerprint density at radius 2 is 1.82 bits per heavy atom. The molecule has 0 aromatic carbocycles. The van der Waals surface area contributed by atoms with Crippen LogP contribution >= 0.6 is 0 Å². The highest BCUT2D eigenvalue weighted by Crippen LogP contribution is 2.24. The van der Waals surface area contributed by atoms with Gasteiger partial charge >= 0.3 is 15.6 Å². The minimum atomic E-state index is -5.62. The molecule has 0 aliphatic heterocycles. The van der Waals surface area contributed by atoms with E-state index in [-0.39, 0.29) is 0 Å². The number of hydrogen-bond acceptors (Lipinski definition) is 4. The van der Waals surface area contributed by atoms with Crippen molar-refractivity contribution in [2.45, 2.75) is 12.4 Å². The quantitative estimate of drug-likeness (QED) is 0.289. The molecule has 0 spiro atoms. The molecule has 0 rings (SSSR count). The van der Waals surface area contributed by atoms with E-state index < -0.39 is 21.5 Å². The van der Waals surface area contributed by atoms with Gasteiger partial charge < -0.3 is 4.18 Å². The molecule has 8 heteroatoms. The predicted octanol–water partition coefficient (Wildman–Crippen LogP) is 0.850. The molecular weight excluding hydrogens is 187 g/mol. The summed E-state index contributed by atoms with van der Waals surface area (Å²) in [7, 11) is -5.62. The highest BCUT2D eigenvalue weighted by atomic mass is 32.2.